The number of amides is 1. The van der Waals surface area contributed by atoms with Crippen molar-refractivity contribution < 1.29 is 14.7 Å². The molecule has 2 N–H and O–H groups in total. The summed E-state index contributed by atoms with van der Waals surface area (Å²) in [6, 6.07) is 11.2. The average molecular weight is 336 g/mol. The number of anilines is 1. The summed E-state index contributed by atoms with van der Waals surface area (Å²) >= 11 is 11.6. The first-order chi connectivity index (χ1) is 10.5. The Balaban J connectivity index is 2.14. The molecule has 0 unspecified atom stereocenters. The molecule has 2 aromatic rings. The Morgan fingerprint density at radius 2 is 1.77 bits per heavy atom. The van der Waals surface area contributed by atoms with E-state index in [9.17, 15) is 9.59 Å². The molecule has 0 atom stereocenters. The molecule has 0 aromatic heterocycles. The average Bonchev–Trinajstić information content (AvgIpc) is 2.47. The number of carboxylic acids is 1. The van der Waals surface area contributed by atoms with Crippen molar-refractivity contribution in [3.05, 3.63) is 69.7 Å². The molecule has 0 heterocycles. The molecule has 0 radical (unpaired) electrons. The van der Waals surface area contributed by atoms with Gasteiger partial charge >= 0.3 is 5.97 Å². The van der Waals surface area contributed by atoms with Gasteiger partial charge in [-0.1, -0.05) is 35.3 Å². The molecule has 0 saturated heterocycles. The van der Waals surface area contributed by atoms with Gasteiger partial charge < -0.3 is 10.4 Å². The number of benzene rings is 2. The van der Waals surface area contributed by atoms with E-state index in [1.165, 1.54) is 24.3 Å². The van der Waals surface area contributed by atoms with Crippen molar-refractivity contribution >= 4 is 46.8 Å². The highest BCUT2D eigenvalue weighted by molar-refractivity contribution is 6.31. The maximum absolute atomic E-state index is 11.9. The summed E-state index contributed by atoms with van der Waals surface area (Å²) < 4.78 is 0. The molecule has 2 aromatic carbocycles. The van der Waals surface area contributed by atoms with Gasteiger partial charge in [0.2, 0.25) is 5.91 Å². The van der Waals surface area contributed by atoms with Crippen LogP contribution in [0.15, 0.2) is 48.5 Å². The molecule has 0 saturated carbocycles. The largest absolute Gasteiger partial charge is 0.478 e. The Labute approximate surface area is 137 Å². The molecule has 0 fully saturated rings. The van der Waals surface area contributed by atoms with E-state index < -0.39 is 11.9 Å². The van der Waals surface area contributed by atoms with Crippen LogP contribution in [0, 0.1) is 0 Å². The fraction of sp³-hybridized carbons (Fsp3) is 0. The van der Waals surface area contributed by atoms with E-state index in [2.05, 4.69) is 5.32 Å². The Hall–Kier alpha value is -2.30. The molecule has 0 spiro atoms. The third-order valence-electron chi connectivity index (χ3n) is 2.75. The number of hydrogen-bond donors (Lipinski definition) is 2. The zero-order valence-electron chi connectivity index (χ0n) is 11.2. The Kier molecular flexibility index (Phi) is 5.20. The van der Waals surface area contributed by atoms with Crippen LogP contribution in [0.5, 0.6) is 0 Å². The summed E-state index contributed by atoms with van der Waals surface area (Å²) in [7, 11) is 0. The number of aromatic carboxylic acids is 1. The van der Waals surface area contributed by atoms with E-state index >= 15 is 0 Å². The smallest absolute Gasteiger partial charge is 0.337 e. The molecular weight excluding hydrogens is 325 g/mol. The topological polar surface area (TPSA) is 66.4 Å². The number of nitrogens with one attached hydrogen (secondary N) is 1. The van der Waals surface area contributed by atoms with Gasteiger partial charge in [0.05, 0.1) is 11.3 Å². The van der Waals surface area contributed by atoms with Crippen LogP contribution in [-0.2, 0) is 4.79 Å². The lowest BCUT2D eigenvalue weighted by Crippen LogP contribution is -2.12. The number of carbonyl (C=O) groups is 2. The van der Waals surface area contributed by atoms with Crippen LogP contribution < -0.4 is 5.32 Å². The summed E-state index contributed by atoms with van der Waals surface area (Å²) in [5.41, 5.74) is 0.867. The van der Waals surface area contributed by atoms with Crippen molar-refractivity contribution in [2.45, 2.75) is 0 Å². The van der Waals surface area contributed by atoms with Crippen LogP contribution in [0.3, 0.4) is 0 Å². The van der Waals surface area contributed by atoms with Crippen LogP contribution in [0.4, 0.5) is 5.69 Å². The summed E-state index contributed by atoms with van der Waals surface area (Å²) in [5.74, 6) is -1.62. The fourth-order valence-electron chi connectivity index (χ4n) is 1.76. The predicted octanol–water partition coefficient (Wildman–Crippen LogP) is 4.34. The Bertz CT molecular complexity index is 757. The van der Waals surface area contributed by atoms with Crippen LogP contribution in [0.25, 0.3) is 6.08 Å². The fourth-order valence-corrected chi connectivity index (χ4v) is 2.13. The molecule has 4 nitrogen and oxygen atoms in total. The molecule has 2 rings (SSSR count). The van der Waals surface area contributed by atoms with Crippen molar-refractivity contribution in [2.24, 2.45) is 0 Å². The lowest BCUT2D eigenvalue weighted by molar-refractivity contribution is -0.111. The highest BCUT2D eigenvalue weighted by atomic mass is 35.5. The minimum atomic E-state index is -1.17. The first-order valence-corrected chi connectivity index (χ1v) is 6.99. The highest BCUT2D eigenvalue weighted by Crippen LogP contribution is 2.21. The van der Waals surface area contributed by atoms with Crippen LogP contribution in [-0.4, -0.2) is 17.0 Å². The van der Waals surface area contributed by atoms with Gasteiger partial charge in [0.1, 0.15) is 0 Å². The van der Waals surface area contributed by atoms with Crippen molar-refractivity contribution in [3.63, 3.8) is 0 Å². The third kappa shape index (κ3) is 4.35. The Morgan fingerprint density at radius 3 is 2.45 bits per heavy atom. The first-order valence-electron chi connectivity index (χ1n) is 6.23. The highest BCUT2D eigenvalue weighted by Gasteiger charge is 2.12. The monoisotopic (exact) mass is 335 g/mol. The summed E-state index contributed by atoms with van der Waals surface area (Å²) in [5, 5.41) is 12.5. The maximum atomic E-state index is 11.9. The molecule has 1 amide bonds. The van der Waals surface area contributed by atoms with Gasteiger partial charge in [-0.2, -0.15) is 0 Å². The van der Waals surface area contributed by atoms with E-state index in [1.807, 2.05) is 0 Å². The second kappa shape index (κ2) is 7.11. The number of hydrogen-bond acceptors (Lipinski definition) is 2. The van der Waals surface area contributed by atoms with Crippen molar-refractivity contribution in [1.82, 2.24) is 0 Å². The summed E-state index contributed by atoms with van der Waals surface area (Å²) in [6.45, 7) is 0. The standard InChI is InChI=1S/C16H11Cl2NO3/c17-11-3-1-2-10(8-11)4-7-15(20)19-14-6-5-12(18)9-13(14)16(21)22/h1-9H,(H,19,20)(H,21,22). The second-order valence-electron chi connectivity index (χ2n) is 4.37. The van der Waals surface area contributed by atoms with Gasteiger partial charge in [0, 0.05) is 16.1 Å². The second-order valence-corrected chi connectivity index (χ2v) is 5.25. The lowest BCUT2D eigenvalue weighted by Gasteiger charge is -2.06. The number of carbonyl (C=O) groups excluding carboxylic acids is 1. The minimum absolute atomic E-state index is 0.0722. The molecule has 6 heteroatoms. The minimum Gasteiger partial charge on any atom is -0.478 e. The van der Waals surface area contributed by atoms with Gasteiger partial charge in [-0.25, -0.2) is 4.79 Å². The van der Waals surface area contributed by atoms with Gasteiger partial charge in [-0.15, -0.1) is 0 Å². The molecule has 0 aliphatic carbocycles. The zero-order chi connectivity index (χ0) is 16.1. The van der Waals surface area contributed by atoms with E-state index in [4.69, 9.17) is 28.3 Å². The van der Waals surface area contributed by atoms with E-state index in [0.29, 0.717) is 5.02 Å². The Morgan fingerprint density at radius 1 is 1.05 bits per heavy atom. The van der Waals surface area contributed by atoms with Gasteiger partial charge in [-0.05, 0) is 42.0 Å². The van der Waals surface area contributed by atoms with Crippen molar-refractivity contribution in [3.8, 4) is 0 Å². The van der Waals surface area contributed by atoms with Crippen molar-refractivity contribution in [2.75, 3.05) is 5.32 Å². The summed E-state index contributed by atoms with van der Waals surface area (Å²) in [6.07, 6.45) is 2.88. The SMILES string of the molecule is O=C(C=Cc1cccc(Cl)c1)Nc1ccc(Cl)cc1C(=O)O. The molecule has 112 valence electrons. The quantitative estimate of drug-likeness (QED) is 0.816. The third-order valence-corrected chi connectivity index (χ3v) is 3.22. The van der Waals surface area contributed by atoms with Gasteiger partial charge in [0.25, 0.3) is 0 Å². The van der Waals surface area contributed by atoms with E-state index in [0.717, 1.165) is 5.56 Å². The lowest BCUT2D eigenvalue weighted by atomic mass is 10.1. The van der Waals surface area contributed by atoms with Crippen LogP contribution >= 0.6 is 23.2 Å². The zero-order valence-corrected chi connectivity index (χ0v) is 12.7. The van der Waals surface area contributed by atoms with E-state index in [1.54, 1.807) is 30.3 Å². The van der Waals surface area contributed by atoms with Crippen LogP contribution in [0.2, 0.25) is 10.0 Å². The predicted molar refractivity (Wildman–Crippen MR) is 87.5 cm³/mol. The van der Waals surface area contributed by atoms with Gasteiger partial charge in [0.15, 0.2) is 0 Å². The summed E-state index contributed by atoms with van der Waals surface area (Å²) in [4.78, 5) is 23.0. The molecule has 0 aliphatic heterocycles. The molecular formula is C16H11Cl2NO3. The van der Waals surface area contributed by atoms with Crippen molar-refractivity contribution in [1.29, 1.82) is 0 Å². The molecule has 22 heavy (non-hydrogen) atoms. The van der Waals surface area contributed by atoms with E-state index in [-0.39, 0.29) is 16.3 Å². The normalized spacial score (nSPS) is 10.6. The van der Waals surface area contributed by atoms with Gasteiger partial charge in [-0.3, -0.25) is 4.79 Å². The molecule has 0 aliphatic rings. The number of rotatable bonds is 4. The maximum Gasteiger partial charge on any atom is 0.337 e. The molecule has 0 bridgehead atoms. The first kappa shape index (κ1) is 16.1. The number of carboxylic acid groups (broad SMARTS) is 1. The number of halogens is 2. The van der Waals surface area contributed by atoms with Crippen LogP contribution in [0.1, 0.15) is 15.9 Å².